The summed E-state index contributed by atoms with van der Waals surface area (Å²) < 4.78 is 29.2. The Hall–Kier alpha value is -2.28. The van der Waals surface area contributed by atoms with Gasteiger partial charge in [0.1, 0.15) is 11.6 Å². The van der Waals surface area contributed by atoms with E-state index in [1.54, 1.807) is 18.2 Å². The van der Waals surface area contributed by atoms with E-state index in [4.69, 9.17) is 14.2 Å². The van der Waals surface area contributed by atoms with Gasteiger partial charge in [-0.15, -0.1) is 0 Å². The van der Waals surface area contributed by atoms with Crippen LogP contribution in [-0.4, -0.2) is 19.3 Å². The van der Waals surface area contributed by atoms with Crippen molar-refractivity contribution in [3.05, 3.63) is 46.7 Å². The molecule has 5 nitrogen and oxygen atoms in total. The van der Waals surface area contributed by atoms with Gasteiger partial charge in [0, 0.05) is 11.8 Å². The highest BCUT2D eigenvalue weighted by Gasteiger charge is 2.14. The number of anilines is 1. The molecule has 0 saturated carbocycles. The zero-order chi connectivity index (χ0) is 15.5. The number of halogens is 2. The van der Waals surface area contributed by atoms with Crippen molar-refractivity contribution in [3.63, 3.8) is 0 Å². The van der Waals surface area contributed by atoms with Gasteiger partial charge >= 0.3 is 0 Å². The number of amides is 1. The molecule has 0 spiro atoms. The average molecular weight is 368 g/mol. The number of hydrogen-bond acceptors (Lipinski definition) is 4. The van der Waals surface area contributed by atoms with Crippen LogP contribution in [0.2, 0.25) is 0 Å². The monoisotopic (exact) mass is 367 g/mol. The number of benzene rings is 2. The highest BCUT2D eigenvalue weighted by Crippen LogP contribution is 2.34. The smallest absolute Gasteiger partial charge is 0.262 e. The second-order valence-electron chi connectivity index (χ2n) is 4.48. The maximum atomic E-state index is 13.0. The summed E-state index contributed by atoms with van der Waals surface area (Å²) in [6, 6.07) is 9.08. The summed E-state index contributed by atoms with van der Waals surface area (Å²) in [6.07, 6.45) is 0. The van der Waals surface area contributed by atoms with E-state index in [0.717, 1.165) is 0 Å². The normalized spacial score (nSPS) is 12.1. The molecule has 0 bridgehead atoms. The third-order valence-corrected chi connectivity index (χ3v) is 3.53. The molecule has 0 radical (unpaired) electrons. The number of carbonyl (C=O) groups is 1. The third-order valence-electron chi connectivity index (χ3n) is 2.91. The first-order valence-electron chi connectivity index (χ1n) is 6.39. The molecular weight excluding hydrogens is 357 g/mol. The van der Waals surface area contributed by atoms with Gasteiger partial charge in [-0.3, -0.25) is 4.79 Å². The van der Waals surface area contributed by atoms with Gasteiger partial charge in [0.15, 0.2) is 18.1 Å². The van der Waals surface area contributed by atoms with Crippen LogP contribution in [0.25, 0.3) is 0 Å². The van der Waals surface area contributed by atoms with Crippen molar-refractivity contribution >= 4 is 27.5 Å². The van der Waals surface area contributed by atoms with E-state index >= 15 is 0 Å². The zero-order valence-electron chi connectivity index (χ0n) is 11.3. The highest BCUT2D eigenvalue weighted by atomic mass is 79.9. The maximum absolute atomic E-state index is 13.0. The molecule has 0 atom stereocenters. The van der Waals surface area contributed by atoms with Crippen LogP contribution in [0.15, 0.2) is 40.9 Å². The van der Waals surface area contributed by atoms with Crippen molar-refractivity contribution in [1.29, 1.82) is 0 Å². The topological polar surface area (TPSA) is 56.8 Å². The Morgan fingerprint density at radius 3 is 2.86 bits per heavy atom. The van der Waals surface area contributed by atoms with Crippen LogP contribution >= 0.6 is 15.9 Å². The van der Waals surface area contributed by atoms with Crippen molar-refractivity contribution in [1.82, 2.24) is 0 Å². The molecule has 7 heteroatoms. The molecule has 3 rings (SSSR count). The van der Waals surface area contributed by atoms with Gasteiger partial charge in [0.05, 0.1) is 4.47 Å². The number of carbonyl (C=O) groups excluding carboxylic acids is 1. The van der Waals surface area contributed by atoms with Crippen molar-refractivity contribution in [2.75, 3.05) is 18.7 Å². The van der Waals surface area contributed by atoms with E-state index in [1.807, 2.05) is 0 Å². The van der Waals surface area contributed by atoms with E-state index in [2.05, 4.69) is 21.2 Å². The Morgan fingerprint density at radius 1 is 1.23 bits per heavy atom. The first-order chi connectivity index (χ1) is 10.6. The SMILES string of the molecule is O=C(COc1ccc(F)cc1Br)Nc1ccc2c(c1)OCO2. The summed E-state index contributed by atoms with van der Waals surface area (Å²) in [7, 11) is 0. The van der Waals surface area contributed by atoms with Crippen LogP contribution in [0.1, 0.15) is 0 Å². The molecule has 0 aliphatic carbocycles. The fraction of sp³-hybridized carbons (Fsp3) is 0.133. The maximum Gasteiger partial charge on any atom is 0.262 e. The molecular formula is C15H11BrFNO4. The third kappa shape index (κ3) is 3.30. The van der Waals surface area contributed by atoms with Crippen molar-refractivity contribution in [3.8, 4) is 17.2 Å². The van der Waals surface area contributed by atoms with Gasteiger partial charge in [-0.1, -0.05) is 0 Å². The van der Waals surface area contributed by atoms with Crippen LogP contribution in [0, 0.1) is 5.82 Å². The van der Waals surface area contributed by atoms with Gasteiger partial charge in [-0.2, -0.15) is 0 Å². The van der Waals surface area contributed by atoms with Gasteiger partial charge in [-0.05, 0) is 46.3 Å². The molecule has 1 aliphatic heterocycles. The molecule has 22 heavy (non-hydrogen) atoms. The molecule has 1 aliphatic rings. The minimum Gasteiger partial charge on any atom is -0.483 e. The summed E-state index contributed by atoms with van der Waals surface area (Å²) in [5, 5.41) is 2.68. The van der Waals surface area contributed by atoms with E-state index in [-0.39, 0.29) is 25.1 Å². The second-order valence-corrected chi connectivity index (χ2v) is 5.33. The summed E-state index contributed by atoms with van der Waals surface area (Å²) in [5.41, 5.74) is 0.580. The number of rotatable bonds is 4. The molecule has 0 aromatic heterocycles. The molecule has 0 unspecified atom stereocenters. The fourth-order valence-corrected chi connectivity index (χ4v) is 2.37. The lowest BCUT2D eigenvalue weighted by Crippen LogP contribution is -2.20. The van der Waals surface area contributed by atoms with Gasteiger partial charge < -0.3 is 19.5 Å². The number of hydrogen-bond donors (Lipinski definition) is 1. The number of nitrogens with one attached hydrogen (secondary N) is 1. The van der Waals surface area contributed by atoms with Crippen LogP contribution in [0.3, 0.4) is 0 Å². The Kier molecular flexibility index (Phi) is 4.15. The zero-order valence-corrected chi connectivity index (χ0v) is 12.9. The van der Waals surface area contributed by atoms with Gasteiger partial charge in [-0.25, -0.2) is 4.39 Å². The van der Waals surface area contributed by atoms with E-state index < -0.39 is 0 Å². The van der Waals surface area contributed by atoms with Crippen molar-refractivity contribution in [2.24, 2.45) is 0 Å². The molecule has 2 aromatic rings. The largest absolute Gasteiger partial charge is 0.483 e. The summed E-state index contributed by atoms with van der Waals surface area (Å²) in [5.74, 6) is 0.894. The van der Waals surface area contributed by atoms with Crippen LogP contribution in [-0.2, 0) is 4.79 Å². The predicted molar refractivity (Wildman–Crippen MR) is 80.8 cm³/mol. The first kappa shape index (κ1) is 14.6. The van der Waals surface area contributed by atoms with Gasteiger partial charge in [0.2, 0.25) is 6.79 Å². The van der Waals surface area contributed by atoms with Crippen molar-refractivity contribution in [2.45, 2.75) is 0 Å². The summed E-state index contributed by atoms with van der Waals surface area (Å²) >= 11 is 3.17. The highest BCUT2D eigenvalue weighted by molar-refractivity contribution is 9.10. The quantitative estimate of drug-likeness (QED) is 0.900. The molecule has 0 saturated heterocycles. The van der Waals surface area contributed by atoms with Crippen LogP contribution in [0.4, 0.5) is 10.1 Å². The van der Waals surface area contributed by atoms with Crippen LogP contribution < -0.4 is 19.5 Å². The molecule has 1 heterocycles. The lowest BCUT2D eigenvalue weighted by atomic mass is 10.3. The molecule has 0 fully saturated rings. The minimum absolute atomic E-state index is 0.175. The summed E-state index contributed by atoms with van der Waals surface area (Å²) in [4.78, 5) is 11.9. The van der Waals surface area contributed by atoms with Gasteiger partial charge in [0.25, 0.3) is 5.91 Å². The fourth-order valence-electron chi connectivity index (χ4n) is 1.91. The molecule has 114 valence electrons. The van der Waals surface area contributed by atoms with Crippen molar-refractivity contribution < 1.29 is 23.4 Å². The van der Waals surface area contributed by atoms with E-state index in [9.17, 15) is 9.18 Å². The predicted octanol–water partition coefficient (Wildman–Crippen LogP) is 3.33. The number of ether oxygens (including phenoxy) is 3. The standard InChI is InChI=1S/C15H11BrFNO4/c16-11-5-9(17)1-3-12(11)20-7-15(19)18-10-2-4-13-14(6-10)22-8-21-13/h1-6H,7-8H2,(H,18,19). The Balaban J connectivity index is 1.58. The molecule has 2 aromatic carbocycles. The Bertz CT molecular complexity index is 723. The lowest BCUT2D eigenvalue weighted by molar-refractivity contribution is -0.118. The molecule has 1 N–H and O–H groups in total. The Morgan fingerprint density at radius 2 is 2.05 bits per heavy atom. The van der Waals surface area contributed by atoms with E-state index in [1.165, 1.54) is 18.2 Å². The molecule has 1 amide bonds. The lowest BCUT2D eigenvalue weighted by Gasteiger charge is -2.09. The number of fused-ring (bicyclic) bond motifs is 1. The Labute approximate surface area is 134 Å². The van der Waals surface area contributed by atoms with Crippen LogP contribution in [0.5, 0.6) is 17.2 Å². The minimum atomic E-state index is -0.385. The van der Waals surface area contributed by atoms with E-state index in [0.29, 0.717) is 27.4 Å². The average Bonchev–Trinajstić information content (AvgIpc) is 2.94. The second kappa shape index (κ2) is 6.23. The first-order valence-corrected chi connectivity index (χ1v) is 7.18. The summed E-state index contributed by atoms with van der Waals surface area (Å²) in [6.45, 7) is -0.0207.